The average molecular weight is 279 g/mol. The Morgan fingerprint density at radius 3 is 2.45 bits per heavy atom. The highest BCUT2D eigenvalue weighted by Gasteiger charge is 2.16. The summed E-state index contributed by atoms with van der Waals surface area (Å²) >= 11 is 0. The van der Waals surface area contributed by atoms with Crippen molar-refractivity contribution in [2.75, 3.05) is 12.8 Å². The number of nitrogens with zero attached hydrogens (tertiary/aromatic N) is 2. The Hall–Kier alpha value is -2.24. The maximum Gasteiger partial charge on any atom is 0.164 e. The molecule has 2 rings (SSSR count). The van der Waals surface area contributed by atoms with Gasteiger partial charge >= 0.3 is 0 Å². The lowest BCUT2D eigenvalue weighted by Gasteiger charge is -2.14. The molecule has 1 aromatic carbocycles. The van der Waals surface area contributed by atoms with Gasteiger partial charge in [-0.25, -0.2) is 4.39 Å². The lowest BCUT2D eigenvalue weighted by molar-refractivity contribution is 0.229. The van der Waals surface area contributed by atoms with E-state index in [-0.39, 0.29) is 6.10 Å². The molecule has 0 bridgehead atoms. The minimum Gasteiger partial charge on any atom is -0.493 e. The lowest BCUT2D eigenvalue weighted by Crippen LogP contribution is -2.07. The van der Waals surface area contributed by atoms with Gasteiger partial charge in [0, 0.05) is 24.7 Å². The van der Waals surface area contributed by atoms with Crippen LogP contribution in [0.15, 0.2) is 18.2 Å². The third-order valence-corrected chi connectivity index (χ3v) is 2.81. The van der Waals surface area contributed by atoms with Crippen LogP contribution in [0.25, 0.3) is 11.3 Å². The van der Waals surface area contributed by atoms with Crippen molar-refractivity contribution in [3.63, 3.8) is 0 Å². The Kier molecular flexibility index (Phi) is 3.83. The van der Waals surface area contributed by atoms with Gasteiger partial charge in [0.2, 0.25) is 0 Å². The summed E-state index contributed by atoms with van der Waals surface area (Å²) in [4.78, 5) is 0. The molecule has 0 saturated carbocycles. The van der Waals surface area contributed by atoms with Crippen LogP contribution in [0.4, 0.5) is 10.2 Å². The molecule has 5 nitrogen and oxygen atoms in total. The summed E-state index contributed by atoms with van der Waals surface area (Å²) in [5.74, 6) is 0.854. The molecule has 1 heterocycles. The largest absolute Gasteiger partial charge is 0.493 e. The highest BCUT2D eigenvalue weighted by Crippen LogP contribution is 2.35. The third kappa shape index (κ3) is 2.68. The highest BCUT2D eigenvalue weighted by molar-refractivity contribution is 5.67. The van der Waals surface area contributed by atoms with E-state index < -0.39 is 5.82 Å². The van der Waals surface area contributed by atoms with Gasteiger partial charge in [-0.2, -0.15) is 5.10 Å². The van der Waals surface area contributed by atoms with Crippen molar-refractivity contribution in [3.8, 4) is 22.8 Å². The van der Waals surface area contributed by atoms with Crippen LogP contribution >= 0.6 is 0 Å². The van der Waals surface area contributed by atoms with Gasteiger partial charge in [0.05, 0.1) is 18.9 Å². The molecule has 0 radical (unpaired) electrons. The summed E-state index contributed by atoms with van der Waals surface area (Å²) in [5.41, 5.74) is 6.50. The number of hydrogen-bond donors (Lipinski definition) is 1. The molecule has 108 valence electrons. The fraction of sp³-hybridized carbons (Fsp3) is 0.357. The number of ether oxygens (including phenoxy) is 2. The predicted octanol–water partition coefficient (Wildman–Crippen LogP) is 2.60. The number of halogens is 1. The maximum absolute atomic E-state index is 14.2. The topological polar surface area (TPSA) is 62.3 Å². The summed E-state index contributed by atoms with van der Waals surface area (Å²) in [6, 6.07) is 4.48. The number of aromatic nitrogens is 2. The van der Waals surface area contributed by atoms with E-state index in [4.69, 9.17) is 15.2 Å². The molecule has 20 heavy (non-hydrogen) atoms. The lowest BCUT2D eigenvalue weighted by atomic mass is 10.1. The molecule has 0 aliphatic heterocycles. The molecular weight excluding hydrogens is 261 g/mol. The van der Waals surface area contributed by atoms with E-state index in [9.17, 15) is 4.39 Å². The predicted molar refractivity (Wildman–Crippen MR) is 75.3 cm³/mol. The zero-order chi connectivity index (χ0) is 14.9. The van der Waals surface area contributed by atoms with Crippen LogP contribution in [0.3, 0.4) is 0 Å². The van der Waals surface area contributed by atoms with Crippen LogP contribution in [-0.4, -0.2) is 23.0 Å². The Morgan fingerprint density at radius 2 is 1.95 bits per heavy atom. The number of methoxy groups -OCH3 is 1. The second-order valence-corrected chi connectivity index (χ2v) is 4.73. The summed E-state index contributed by atoms with van der Waals surface area (Å²) < 4.78 is 26.5. The first kappa shape index (κ1) is 14.2. The molecule has 1 aromatic heterocycles. The van der Waals surface area contributed by atoms with E-state index in [0.29, 0.717) is 28.6 Å². The van der Waals surface area contributed by atoms with Crippen LogP contribution < -0.4 is 15.2 Å². The molecule has 0 saturated heterocycles. The molecule has 0 unspecified atom stereocenters. The van der Waals surface area contributed by atoms with Crippen molar-refractivity contribution in [3.05, 3.63) is 24.0 Å². The Labute approximate surface area is 117 Å². The number of anilines is 1. The van der Waals surface area contributed by atoms with Gasteiger partial charge in [0.25, 0.3) is 0 Å². The number of aryl methyl sites for hydroxylation is 1. The number of rotatable bonds is 4. The molecule has 6 heteroatoms. The first-order valence-electron chi connectivity index (χ1n) is 6.26. The minimum atomic E-state index is -0.431. The molecule has 0 aliphatic carbocycles. The van der Waals surface area contributed by atoms with Crippen LogP contribution in [0.2, 0.25) is 0 Å². The zero-order valence-electron chi connectivity index (χ0n) is 12.0. The summed E-state index contributed by atoms with van der Waals surface area (Å²) in [5, 5.41) is 4.16. The van der Waals surface area contributed by atoms with E-state index in [1.807, 2.05) is 13.8 Å². The van der Waals surface area contributed by atoms with E-state index in [2.05, 4.69) is 5.10 Å². The van der Waals surface area contributed by atoms with Crippen molar-refractivity contribution >= 4 is 5.82 Å². The van der Waals surface area contributed by atoms with E-state index in [1.165, 1.54) is 17.9 Å². The van der Waals surface area contributed by atoms with Crippen molar-refractivity contribution in [2.24, 2.45) is 7.05 Å². The SMILES string of the molecule is COc1cc(-c2cc(N)n(C)n2)c(F)cc1OC(C)C. The van der Waals surface area contributed by atoms with Gasteiger partial charge in [-0.3, -0.25) is 4.68 Å². The summed E-state index contributed by atoms with van der Waals surface area (Å²) in [7, 11) is 3.21. The molecule has 0 atom stereocenters. The Morgan fingerprint density at radius 1 is 1.25 bits per heavy atom. The minimum absolute atomic E-state index is 0.0698. The van der Waals surface area contributed by atoms with Gasteiger partial charge in [0.15, 0.2) is 11.5 Å². The van der Waals surface area contributed by atoms with Gasteiger partial charge in [-0.1, -0.05) is 0 Å². The van der Waals surface area contributed by atoms with E-state index >= 15 is 0 Å². The number of benzene rings is 1. The van der Waals surface area contributed by atoms with Crippen LogP contribution in [-0.2, 0) is 7.05 Å². The number of nitrogen functional groups attached to an aromatic ring is 1. The highest BCUT2D eigenvalue weighted by atomic mass is 19.1. The van der Waals surface area contributed by atoms with Crippen molar-refractivity contribution in [1.29, 1.82) is 0 Å². The van der Waals surface area contributed by atoms with Crippen LogP contribution in [0.5, 0.6) is 11.5 Å². The number of nitrogens with two attached hydrogens (primary N) is 1. The van der Waals surface area contributed by atoms with E-state index in [1.54, 1.807) is 19.2 Å². The van der Waals surface area contributed by atoms with Crippen molar-refractivity contribution in [1.82, 2.24) is 9.78 Å². The van der Waals surface area contributed by atoms with Crippen LogP contribution in [0, 0.1) is 5.82 Å². The van der Waals surface area contributed by atoms with Crippen molar-refractivity contribution in [2.45, 2.75) is 20.0 Å². The fourth-order valence-corrected chi connectivity index (χ4v) is 1.85. The first-order chi connectivity index (χ1) is 9.42. The maximum atomic E-state index is 14.2. The first-order valence-corrected chi connectivity index (χ1v) is 6.26. The average Bonchev–Trinajstić information content (AvgIpc) is 2.69. The fourth-order valence-electron chi connectivity index (χ4n) is 1.85. The number of hydrogen-bond acceptors (Lipinski definition) is 4. The normalized spacial score (nSPS) is 10.9. The molecule has 2 aromatic rings. The molecule has 0 aliphatic rings. The summed E-state index contributed by atoms with van der Waals surface area (Å²) in [6.07, 6.45) is -0.0698. The van der Waals surface area contributed by atoms with Gasteiger partial charge < -0.3 is 15.2 Å². The van der Waals surface area contributed by atoms with E-state index in [0.717, 1.165) is 0 Å². The quantitative estimate of drug-likeness (QED) is 0.934. The Bertz CT molecular complexity index is 604. The molecule has 0 spiro atoms. The monoisotopic (exact) mass is 279 g/mol. The standard InChI is InChI=1S/C14H18FN3O2/c1-8(2)20-13-6-10(15)9(5-12(13)19-4)11-7-14(16)18(3)17-11/h5-8H,16H2,1-4H3. The van der Waals surface area contributed by atoms with Gasteiger partial charge in [0.1, 0.15) is 11.6 Å². The summed E-state index contributed by atoms with van der Waals surface area (Å²) in [6.45, 7) is 3.73. The van der Waals surface area contributed by atoms with Crippen molar-refractivity contribution < 1.29 is 13.9 Å². The van der Waals surface area contributed by atoms with Crippen LogP contribution in [0.1, 0.15) is 13.8 Å². The third-order valence-electron chi connectivity index (χ3n) is 2.81. The zero-order valence-corrected chi connectivity index (χ0v) is 12.0. The van der Waals surface area contributed by atoms with Gasteiger partial charge in [-0.05, 0) is 19.9 Å². The smallest absolute Gasteiger partial charge is 0.164 e. The Balaban J connectivity index is 2.50. The second-order valence-electron chi connectivity index (χ2n) is 4.73. The molecule has 2 N–H and O–H groups in total. The second kappa shape index (κ2) is 5.40. The molecule has 0 fully saturated rings. The molecule has 0 amide bonds. The van der Waals surface area contributed by atoms with Gasteiger partial charge in [-0.15, -0.1) is 0 Å². The molecular formula is C14H18FN3O2.